The van der Waals surface area contributed by atoms with Crippen molar-refractivity contribution in [2.24, 2.45) is 4.99 Å². The summed E-state index contributed by atoms with van der Waals surface area (Å²) in [4.78, 5) is 33.6. The van der Waals surface area contributed by atoms with Crippen LogP contribution >= 0.6 is 11.8 Å². The van der Waals surface area contributed by atoms with Crippen molar-refractivity contribution in [2.45, 2.75) is 32.6 Å². The van der Waals surface area contributed by atoms with Crippen molar-refractivity contribution in [1.82, 2.24) is 4.90 Å². The molecule has 0 aliphatic carbocycles. The molecule has 0 unspecified atom stereocenters. The van der Waals surface area contributed by atoms with Crippen LogP contribution in [0.2, 0.25) is 0 Å². The van der Waals surface area contributed by atoms with Crippen LogP contribution < -0.4 is 9.64 Å². The third kappa shape index (κ3) is 5.25. The molecule has 34 heavy (non-hydrogen) atoms. The summed E-state index contributed by atoms with van der Waals surface area (Å²) in [6.45, 7) is 4.30. The van der Waals surface area contributed by atoms with Gasteiger partial charge >= 0.3 is 0 Å². The predicted molar refractivity (Wildman–Crippen MR) is 137 cm³/mol. The molecule has 2 aliphatic rings. The van der Waals surface area contributed by atoms with Gasteiger partial charge in [0.15, 0.2) is 5.17 Å². The highest BCUT2D eigenvalue weighted by molar-refractivity contribution is 8.18. The van der Waals surface area contributed by atoms with Gasteiger partial charge in [0.1, 0.15) is 11.4 Å². The van der Waals surface area contributed by atoms with E-state index >= 15 is 0 Å². The maximum atomic E-state index is 13.2. The fraction of sp³-hybridized carbons (Fsp3) is 0.360. The highest BCUT2D eigenvalue weighted by Gasteiger charge is 2.33. The van der Waals surface area contributed by atoms with E-state index in [4.69, 9.17) is 9.73 Å². The average molecular weight is 481 g/mol. The van der Waals surface area contributed by atoms with Gasteiger partial charge in [0.2, 0.25) is 0 Å². The summed E-state index contributed by atoms with van der Waals surface area (Å²) in [6.07, 6.45) is 5.62. The maximum absolute atomic E-state index is 13.2. The summed E-state index contributed by atoms with van der Waals surface area (Å²) >= 11 is 1.30. The van der Waals surface area contributed by atoms with Crippen LogP contribution in [0.15, 0.2) is 52.4 Å². The first-order valence-electron chi connectivity index (χ1n) is 11.5. The minimum Gasteiger partial charge on any atom is -0.497 e. The molecule has 0 atom stereocenters. The van der Waals surface area contributed by atoms with E-state index in [0.717, 1.165) is 50.2 Å². The minimum atomic E-state index is -0.344. The van der Waals surface area contributed by atoms with Gasteiger partial charge in [-0.1, -0.05) is 19.4 Å². The normalized spacial score (nSPS) is 18.4. The molecule has 2 aromatic rings. The SMILES string of the molecule is CCCCN1C(=O)C(=Cc2ccc(N3CCCC3)c([N+](=O)[O-])c2)SC1=Nc1ccc(OC)cc1. The van der Waals surface area contributed by atoms with Crippen LogP contribution in [0.5, 0.6) is 5.75 Å². The van der Waals surface area contributed by atoms with Crippen LogP contribution in [0.3, 0.4) is 0 Å². The smallest absolute Gasteiger partial charge is 0.293 e. The number of amidine groups is 1. The monoisotopic (exact) mass is 480 g/mol. The number of nitro groups is 1. The van der Waals surface area contributed by atoms with Crippen LogP contribution in [0.25, 0.3) is 6.08 Å². The van der Waals surface area contributed by atoms with Gasteiger partial charge in [-0.05, 0) is 73.0 Å². The first-order chi connectivity index (χ1) is 16.5. The Morgan fingerprint density at radius 1 is 1.18 bits per heavy atom. The number of thioether (sulfide) groups is 1. The van der Waals surface area contributed by atoms with Gasteiger partial charge in [-0.15, -0.1) is 0 Å². The number of carbonyl (C=O) groups excluding carboxylic acids is 1. The van der Waals surface area contributed by atoms with Gasteiger partial charge in [0, 0.05) is 25.7 Å². The Kier molecular flexibility index (Phi) is 7.52. The van der Waals surface area contributed by atoms with Crippen LogP contribution in [-0.2, 0) is 4.79 Å². The van der Waals surface area contributed by atoms with E-state index in [1.165, 1.54) is 11.8 Å². The van der Waals surface area contributed by atoms with E-state index in [9.17, 15) is 14.9 Å². The number of ether oxygens (including phenoxy) is 1. The lowest BCUT2D eigenvalue weighted by molar-refractivity contribution is -0.384. The Balaban J connectivity index is 1.64. The zero-order valence-electron chi connectivity index (χ0n) is 19.4. The van der Waals surface area contributed by atoms with E-state index < -0.39 is 0 Å². The number of nitro benzene ring substituents is 1. The van der Waals surface area contributed by atoms with Crippen LogP contribution in [0.1, 0.15) is 38.2 Å². The quantitative estimate of drug-likeness (QED) is 0.277. The molecule has 0 spiro atoms. The van der Waals surface area contributed by atoms with E-state index in [0.29, 0.717) is 27.9 Å². The molecule has 0 radical (unpaired) electrons. The predicted octanol–water partition coefficient (Wildman–Crippen LogP) is 5.61. The molecular weight excluding hydrogens is 452 g/mol. The Morgan fingerprint density at radius 3 is 2.56 bits per heavy atom. The molecule has 2 aromatic carbocycles. The molecule has 0 bridgehead atoms. The number of amides is 1. The summed E-state index contributed by atoms with van der Waals surface area (Å²) in [5.74, 6) is 0.610. The van der Waals surface area contributed by atoms with E-state index in [1.54, 1.807) is 30.2 Å². The van der Waals surface area contributed by atoms with Crippen LogP contribution in [0, 0.1) is 10.1 Å². The van der Waals surface area contributed by atoms with Crippen molar-refractivity contribution in [2.75, 3.05) is 31.6 Å². The molecule has 2 heterocycles. The van der Waals surface area contributed by atoms with Crippen molar-refractivity contribution < 1.29 is 14.5 Å². The molecule has 178 valence electrons. The fourth-order valence-corrected chi connectivity index (χ4v) is 5.05. The molecular formula is C25H28N4O4S. The Labute approximate surface area is 203 Å². The number of hydrogen-bond acceptors (Lipinski definition) is 7. The third-order valence-corrected chi connectivity index (χ3v) is 6.87. The summed E-state index contributed by atoms with van der Waals surface area (Å²) in [6, 6.07) is 12.5. The first-order valence-corrected chi connectivity index (χ1v) is 12.3. The lowest BCUT2D eigenvalue weighted by Gasteiger charge is -2.17. The Morgan fingerprint density at radius 2 is 1.91 bits per heavy atom. The van der Waals surface area contributed by atoms with Crippen molar-refractivity contribution in [1.29, 1.82) is 0 Å². The topological polar surface area (TPSA) is 88.3 Å². The second-order valence-corrected chi connectivity index (χ2v) is 9.22. The number of benzene rings is 2. The molecule has 0 saturated carbocycles. The highest BCUT2D eigenvalue weighted by Crippen LogP contribution is 2.37. The summed E-state index contributed by atoms with van der Waals surface area (Å²) in [5.41, 5.74) is 2.07. The standard InChI is InChI=1S/C25H28N4O4S/c1-3-4-15-28-24(30)23(34-25(28)26-19-8-10-20(33-2)11-9-19)17-18-7-12-21(22(16-18)29(31)32)27-13-5-6-14-27/h7-12,16-17H,3-6,13-15H2,1-2H3. The van der Waals surface area contributed by atoms with Crippen molar-refractivity contribution >= 4 is 46.0 Å². The number of nitrogens with zero attached hydrogens (tertiary/aromatic N) is 4. The zero-order valence-corrected chi connectivity index (χ0v) is 20.2. The zero-order chi connectivity index (χ0) is 24.1. The van der Waals surface area contributed by atoms with Gasteiger partial charge in [-0.3, -0.25) is 19.8 Å². The average Bonchev–Trinajstić information content (AvgIpc) is 3.47. The minimum absolute atomic E-state index is 0.0710. The lowest BCUT2D eigenvalue weighted by atomic mass is 10.1. The Bertz CT molecular complexity index is 1120. The summed E-state index contributed by atoms with van der Waals surface area (Å²) in [7, 11) is 1.61. The van der Waals surface area contributed by atoms with E-state index in [1.807, 2.05) is 30.3 Å². The third-order valence-electron chi connectivity index (χ3n) is 5.86. The summed E-state index contributed by atoms with van der Waals surface area (Å²) in [5, 5.41) is 12.4. The lowest BCUT2D eigenvalue weighted by Crippen LogP contribution is -2.30. The van der Waals surface area contributed by atoms with Gasteiger partial charge in [0.05, 0.1) is 22.6 Å². The van der Waals surface area contributed by atoms with E-state index in [-0.39, 0.29) is 16.5 Å². The Hall–Kier alpha value is -3.33. The molecule has 0 aromatic heterocycles. The van der Waals surface area contributed by atoms with Crippen molar-refractivity contribution in [3.05, 3.63) is 63.0 Å². The molecule has 9 heteroatoms. The van der Waals surface area contributed by atoms with Gasteiger partial charge in [-0.2, -0.15) is 0 Å². The summed E-state index contributed by atoms with van der Waals surface area (Å²) < 4.78 is 5.20. The van der Waals surface area contributed by atoms with Crippen molar-refractivity contribution in [3.8, 4) is 5.75 Å². The number of anilines is 1. The van der Waals surface area contributed by atoms with Crippen LogP contribution in [0.4, 0.5) is 17.1 Å². The molecule has 1 amide bonds. The van der Waals surface area contributed by atoms with Gasteiger partial charge < -0.3 is 9.64 Å². The number of carbonyl (C=O) groups is 1. The molecule has 2 saturated heterocycles. The number of rotatable bonds is 8. The van der Waals surface area contributed by atoms with Crippen molar-refractivity contribution in [3.63, 3.8) is 0 Å². The molecule has 8 nitrogen and oxygen atoms in total. The molecule has 0 N–H and O–H groups in total. The van der Waals surface area contributed by atoms with Gasteiger partial charge in [0.25, 0.3) is 11.6 Å². The molecule has 2 fully saturated rings. The maximum Gasteiger partial charge on any atom is 0.293 e. The highest BCUT2D eigenvalue weighted by atomic mass is 32.2. The molecule has 2 aliphatic heterocycles. The number of aliphatic imine (C=N–C) groups is 1. The van der Waals surface area contributed by atoms with E-state index in [2.05, 4.69) is 11.8 Å². The first kappa shape index (κ1) is 23.8. The second kappa shape index (κ2) is 10.7. The number of unbranched alkanes of at least 4 members (excludes halogenated alkanes) is 1. The number of hydrogen-bond donors (Lipinski definition) is 0. The fourth-order valence-electron chi connectivity index (χ4n) is 4.03. The molecule has 4 rings (SSSR count). The second-order valence-electron chi connectivity index (χ2n) is 8.21. The van der Waals surface area contributed by atoms with Crippen LogP contribution in [-0.4, -0.2) is 47.6 Å². The number of methoxy groups -OCH3 is 1. The largest absolute Gasteiger partial charge is 0.497 e. The van der Waals surface area contributed by atoms with Gasteiger partial charge in [-0.25, -0.2) is 4.99 Å².